The molecule has 0 heterocycles. The monoisotopic (exact) mass is 428 g/mol. The van der Waals surface area contributed by atoms with Crippen molar-refractivity contribution in [2.75, 3.05) is 6.61 Å². The fourth-order valence-corrected chi connectivity index (χ4v) is 2.47. The highest BCUT2D eigenvalue weighted by Gasteiger charge is 2.27. The molecule has 1 aromatic carbocycles. The van der Waals surface area contributed by atoms with Crippen LogP contribution in [-0.4, -0.2) is 36.8 Å². The topological polar surface area (TPSA) is 76.7 Å². The molecule has 0 saturated carbocycles. The lowest BCUT2D eigenvalue weighted by Gasteiger charge is -2.25. The van der Waals surface area contributed by atoms with Crippen LogP contribution < -0.4 is 15.4 Å². The summed E-state index contributed by atoms with van der Waals surface area (Å²) >= 11 is 3.37. The highest BCUT2D eigenvalue weighted by Crippen LogP contribution is 2.16. The van der Waals surface area contributed by atoms with E-state index in [1.165, 1.54) is 0 Å². The lowest BCUT2D eigenvalue weighted by atomic mass is 9.98. The Hall–Kier alpha value is -1.76. The highest BCUT2D eigenvalue weighted by atomic mass is 79.9. The summed E-state index contributed by atoms with van der Waals surface area (Å²) in [5, 5.41) is 5.56. The van der Waals surface area contributed by atoms with Gasteiger partial charge in [0.25, 0.3) is 0 Å². The zero-order chi connectivity index (χ0) is 19.7. The molecule has 2 amide bonds. The Kier molecular flexibility index (Phi) is 9.48. The zero-order valence-electron chi connectivity index (χ0n) is 16.0. The Morgan fingerprint density at radius 1 is 1.08 bits per heavy atom. The van der Waals surface area contributed by atoms with E-state index in [4.69, 9.17) is 9.47 Å². The molecule has 0 spiro atoms. The first-order chi connectivity index (χ1) is 12.2. The predicted molar refractivity (Wildman–Crippen MR) is 105 cm³/mol. The fourth-order valence-electron chi connectivity index (χ4n) is 2.20. The van der Waals surface area contributed by atoms with E-state index in [0.29, 0.717) is 6.61 Å². The van der Waals surface area contributed by atoms with Crippen molar-refractivity contribution < 1.29 is 19.1 Å². The number of ether oxygens (including phenoxy) is 2. The van der Waals surface area contributed by atoms with Gasteiger partial charge in [0.05, 0.1) is 12.1 Å². The third kappa shape index (κ3) is 8.08. The Morgan fingerprint density at radius 2 is 1.69 bits per heavy atom. The number of amides is 2. The van der Waals surface area contributed by atoms with Crippen LogP contribution in [0.15, 0.2) is 28.7 Å². The summed E-state index contributed by atoms with van der Waals surface area (Å²) < 4.78 is 11.7. The van der Waals surface area contributed by atoms with E-state index in [0.717, 1.165) is 16.6 Å². The number of carbonyl (C=O) groups excluding carboxylic acids is 2. The number of carbonyl (C=O) groups is 2. The maximum absolute atomic E-state index is 12.6. The van der Waals surface area contributed by atoms with Crippen molar-refractivity contribution in [3.63, 3.8) is 0 Å². The van der Waals surface area contributed by atoms with E-state index in [1.54, 1.807) is 13.8 Å². The number of rotatable bonds is 9. The molecular weight excluding hydrogens is 400 g/mol. The molecule has 0 aromatic heterocycles. The quantitative estimate of drug-likeness (QED) is 0.625. The normalized spacial score (nSPS) is 14.3. The van der Waals surface area contributed by atoms with Gasteiger partial charge in [0.1, 0.15) is 18.4 Å². The molecule has 0 bridgehead atoms. The van der Waals surface area contributed by atoms with Crippen molar-refractivity contribution in [2.45, 2.75) is 59.2 Å². The van der Waals surface area contributed by atoms with Crippen molar-refractivity contribution in [1.82, 2.24) is 10.6 Å². The lowest BCUT2D eigenvalue weighted by Crippen LogP contribution is -2.53. The molecule has 0 aliphatic rings. The van der Waals surface area contributed by atoms with Gasteiger partial charge in [-0.1, -0.05) is 36.2 Å². The van der Waals surface area contributed by atoms with Gasteiger partial charge >= 0.3 is 6.09 Å². The molecule has 0 fully saturated rings. The van der Waals surface area contributed by atoms with Crippen molar-refractivity contribution in [3.8, 4) is 5.75 Å². The summed E-state index contributed by atoms with van der Waals surface area (Å²) in [6.45, 7) is 9.61. The summed E-state index contributed by atoms with van der Waals surface area (Å²) in [4.78, 5) is 24.5. The van der Waals surface area contributed by atoms with Gasteiger partial charge in [0.15, 0.2) is 0 Å². The minimum absolute atomic E-state index is 0.0192. The highest BCUT2D eigenvalue weighted by molar-refractivity contribution is 9.10. The first kappa shape index (κ1) is 22.3. The third-order valence-corrected chi connectivity index (χ3v) is 4.34. The second kappa shape index (κ2) is 11.1. The number of halogens is 1. The molecule has 1 aromatic rings. The Morgan fingerprint density at radius 3 is 2.23 bits per heavy atom. The smallest absolute Gasteiger partial charge is 0.408 e. The van der Waals surface area contributed by atoms with Crippen molar-refractivity contribution in [3.05, 3.63) is 28.7 Å². The van der Waals surface area contributed by atoms with Crippen molar-refractivity contribution >= 4 is 27.9 Å². The van der Waals surface area contributed by atoms with Gasteiger partial charge < -0.3 is 20.1 Å². The maximum Gasteiger partial charge on any atom is 0.408 e. The van der Waals surface area contributed by atoms with Crippen LogP contribution in [0.25, 0.3) is 0 Å². The average molecular weight is 429 g/mol. The van der Waals surface area contributed by atoms with E-state index >= 15 is 0 Å². The van der Waals surface area contributed by atoms with Crippen LogP contribution in [0.1, 0.15) is 41.0 Å². The molecule has 6 nitrogen and oxygen atoms in total. The predicted octanol–water partition coefficient (Wildman–Crippen LogP) is 3.88. The largest absolute Gasteiger partial charge is 0.491 e. The van der Waals surface area contributed by atoms with Gasteiger partial charge in [0, 0.05) is 4.47 Å². The maximum atomic E-state index is 12.6. The minimum Gasteiger partial charge on any atom is -0.491 e. The Balaban J connectivity index is 2.57. The SMILES string of the molecule is CCC(C)C(NC(=O)OC(C)C)C(=O)NC(C)COc1ccc(Br)cc1. The zero-order valence-corrected chi connectivity index (χ0v) is 17.6. The van der Waals surface area contributed by atoms with Gasteiger partial charge in [0.2, 0.25) is 5.91 Å². The average Bonchev–Trinajstić information content (AvgIpc) is 2.57. The summed E-state index contributed by atoms with van der Waals surface area (Å²) in [6, 6.07) is 6.62. The van der Waals surface area contributed by atoms with Crippen LogP contribution in [0.3, 0.4) is 0 Å². The standard InChI is InChI=1S/C19H29BrN2O4/c1-6-13(4)17(22-19(24)26-12(2)3)18(23)21-14(5)11-25-16-9-7-15(20)8-10-16/h7-10,12-14,17H,6,11H2,1-5H3,(H,21,23)(H,22,24). The molecule has 26 heavy (non-hydrogen) atoms. The summed E-state index contributed by atoms with van der Waals surface area (Å²) in [5.74, 6) is 0.465. The first-order valence-corrected chi connectivity index (χ1v) is 9.68. The molecule has 7 heteroatoms. The molecule has 0 aliphatic heterocycles. The van der Waals surface area contributed by atoms with E-state index in [1.807, 2.05) is 45.0 Å². The molecule has 146 valence electrons. The van der Waals surface area contributed by atoms with Gasteiger partial charge in [-0.05, 0) is 51.0 Å². The fraction of sp³-hybridized carbons (Fsp3) is 0.579. The molecule has 1 rings (SSSR count). The number of nitrogens with one attached hydrogen (secondary N) is 2. The van der Waals surface area contributed by atoms with E-state index in [-0.39, 0.29) is 24.0 Å². The van der Waals surface area contributed by atoms with Crippen LogP contribution >= 0.6 is 15.9 Å². The van der Waals surface area contributed by atoms with Crippen molar-refractivity contribution in [1.29, 1.82) is 0 Å². The van der Waals surface area contributed by atoms with Crippen LogP contribution in [0.5, 0.6) is 5.75 Å². The van der Waals surface area contributed by atoms with Gasteiger partial charge in [-0.15, -0.1) is 0 Å². The summed E-state index contributed by atoms with van der Waals surface area (Å²) in [7, 11) is 0. The third-order valence-electron chi connectivity index (χ3n) is 3.81. The molecule has 2 N–H and O–H groups in total. The second-order valence-electron chi connectivity index (χ2n) is 6.64. The molecule has 0 radical (unpaired) electrons. The number of alkyl carbamates (subject to hydrolysis) is 1. The van der Waals surface area contributed by atoms with Crippen LogP contribution in [-0.2, 0) is 9.53 Å². The number of hydrogen-bond acceptors (Lipinski definition) is 4. The van der Waals surface area contributed by atoms with Crippen molar-refractivity contribution in [2.24, 2.45) is 5.92 Å². The van der Waals surface area contributed by atoms with Crippen LogP contribution in [0.2, 0.25) is 0 Å². The Labute approximate surface area is 164 Å². The van der Waals surface area contributed by atoms with E-state index < -0.39 is 12.1 Å². The molecule has 3 atom stereocenters. The molecule has 0 aliphatic carbocycles. The minimum atomic E-state index is -0.651. The summed E-state index contributed by atoms with van der Waals surface area (Å²) in [6.07, 6.45) is -0.0721. The molecule has 0 saturated heterocycles. The molecule has 3 unspecified atom stereocenters. The van der Waals surface area contributed by atoms with E-state index in [9.17, 15) is 9.59 Å². The Bertz CT molecular complexity index is 577. The van der Waals surface area contributed by atoms with E-state index in [2.05, 4.69) is 26.6 Å². The summed E-state index contributed by atoms with van der Waals surface area (Å²) in [5.41, 5.74) is 0. The lowest BCUT2D eigenvalue weighted by molar-refractivity contribution is -0.125. The van der Waals surface area contributed by atoms with Gasteiger partial charge in [-0.3, -0.25) is 4.79 Å². The van der Waals surface area contributed by atoms with Crippen LogP contribution in [0, 0.1) is 5.92 Å². The first-order valence-electron chi connectivity index (χ1n) is 8.88. The van der Waals surface area contributed by atoms with Gasteiger partial charge in [-0.25, -0.2) is 4.79 Å². The second-order valence-corrected chi connectivity index (χ2v) is 7.55. The van der Waals surface area contributed by atoms with Gasteiger partial charge in [-0.2, -0.15) is 0 Å². The van der Waals surface area contributed by atoms with Crippen LogP contribution in [0.4, 0.5) is 4.79 Å². The molecular formula is C19H29BrN2O4. The number of benzene rings is 1. The number of hydrogen-bond donors (Lipinski definition) is 2.